The maximum Gasteiger partial charge on any atom is 0.163 e. The third-order valence-corrected chi connectivity index (χ3v) is 6.44. The molecule has 178 valence electrons. The lowest BCUT2D eigenvalue weighted by Gasteiger charge is -2.41. The predicted octanol–water partition coefficient (Wildman–Crippen LogP) is 5.70. The van der Waals surface area contributed by atoms with Crippen LogP contribution in [0, 0.1) is 5.92 Å². The zero-order valence-electron chi connectivity index (χ0n) is 20.0. The molecule has 3 aromatic carbocycles. The van der Waals surface area contributed by atoms with Crippen LogP contribution in [-0.2, 0) is 19.8 Å². The Morgan fingerprint density at radius 2 is 1.41 bits per heavy atom. The molecule has 4 nitrogen and oxygen atoms in total. The Hall–Kier alpha value is -2.76. The van der Waals surface area contributed by atoms with Gasteiger partial charge in [0.25, 0.3) is 0 Å². The molecule has 0 saturated carbocycles. The normalized spacial score (nSPS) is 19.8. The smallest absolute Gasteiger partial charge is 0.163 e. The molecule has 1 aliphatic heterocycles. The quantitative estimate of drug-likeness (QED) is 0.330. The number of aliphatic hydroxyl groups is 1. The summed E-state index contributed by atoms with van der Waals surface area (Å²) in [7, 11) is 0. The molecule has 0 aromatic heterocycles. The zero-order chi connectivity index (χ0) is 24.0. The fourth-order valence-electron chi connectivity index (χ4n) is 4.80. The van der Waals surface area contributed by atoms with Gasteiger partial charge in [0.15, 0.2) is 5.79 Å². The number of hydrogen-bond acceptors (Lipinski definition) is 4. The van der Waals surface area contributed by atoms with E-state index in [0.717, 1.165) is 16.7 Å². The molecular formula is C30H34O4. The van der Waals surface area contributed by atoms with Crippen molar-refractivity contribution in [2.75, 3.05) is 13.2 Å². The Kier molecular flexibility index (Phi) is 7.64. The van der Waals surface area contributed by atoms with Crippen LogP contribution < -0.4 is 0 Å². The van der Waals surface area contributed by atoms with Crippen molar-refractivity contribution in [3.63, 3.8) is 0 Å². The molecule has 0 aliphatic carbocycles. The maximum atomic E-state index is 11.3. The van der Waals surface area contributed by atoms with Crippen molar-refractivity contribution < 1.29 is 19.3 Å². The minimum Gasteiger partial charge on any atom is -0.390 e. The first-order valence-corrected chi connectivity index (χ1v) is 11.9. The summed E-state index contributed by atoms with van der Waals surface area (Å²) in [5, 5.41) is 11.3. The van der Waals surface area contributed by atoms with Crippen LogP contribution in [0.5, 0.6) is 0 Å². The van der Waals surface area contributed by atoms with E-state index in [9.17, 15) is 5.11 Å². The van der Waals surface area contributed by atoms with Crippen LogP contribution in [0.15, 0.2) is 104 Å². The first-order chi connectivity index (χ1) is 16.5. The molecule has 1 aliphatic rings. The van der Waals surface area contributed by atoms with Gasteiger partial charge in [-0.2, -0.15) is 0 Å². The van der Waals surface area contributed by atoms with Gasteiger partial charge in [-0.25, -0.2) is 0 Å². The van der Waals surface area contributed by atoms with Gasteiger partial charge in [-0.1, -0.05) is 97.1 Å². The highest BCUT2D eigenvalue weighted by Gasteiger charge is 2.40. The van der Waals surface area contributed by atoms with E-state index in [1.54, 1.807) is 6.08 Å². The van der Waals surface area contributed by atoms with Gasteiger partial charge in [0.05, 0.1) is 25.4 Å². The highest BCUT2D eigenvalue weighted by atomic mass is 16.7. The van der Waals surface area contributed by atoms with Gasteiger partial charge in [0, 0.05) is 5.92 Å². The lowest BCUT2D eigenvalue weighted by Crippen LogP contribution is -2.47. The maximum absolute atomic E-state index is 11.3. The molecule has 1 N–H and O–H groups in total. The van der Waals surface area contributed by atoms with Crippen molar-refractivity contribution >= 4 is 0 Å². The second kappa shape index (κ2) is 10.7. The molecule has 3 aromatic rings. The molecule has 1 saturated heterocycles. The van der Waals surface area contributed by atoms with E-state index in [1.807, 2.05) is 68.4 Å². The van der Waals surface area contributed by atoms with Gasteiger partial charge in [-0.3, -0.25) is 0 Å². The van der Waals surface area contributed by atoms with Crippen molar-refractivity contribution in [3.8, 4) is 0 Å². The summed E-state index contributed by atoms with van der Waals surface area (Å²) in [5.41, 5.74) is 2.11. The third-order valence-electron chi connectivity index (χ3n) is 6.44. The molecule has 34 heavy (non-hydrogen) atoms. The standard InChI is InChI=1S/C30H34O4/c1-4-26(28-20-21-32-29(2,3)34-28)27(31)22-33-30(23-14-8-5-9-15-23,24-16-10-6-11-17-24)25-18-12-7-13-19-25/h4-19,26-28,31H,1,20-22H2,2-3H3. The molecule has 3 atom stereocenters. The van der Waals surface area contributed by atoms with Crippen molar-refractivity contribution in [2.24, 2.45) is 5.92 Å². The Labute approximate surface area is 202 Å². The molecule has 0 radical (unpaired) electrons. The monoisotopic (exact) mass is 458 g/mol. The van der Waals surface area contributed by atoms with Gasteiger partial charge < -0.3 is 19.3 Å². The van der Waals surface area contributed by atoms with E-state index >= 15 is 0 Å². The lowest BCUT2D eigenvalue weighted by atomic mass is 9.80. The molecule has 4 rings (SSSR count). The van der Waals surface area contributed by atoms with E-state index in [2.05, 4.69) is 43.0 Å². The lowest BCUT2D eigenvalue weighted by molar-refractivity contribution is -0.284. The molecule has 0 spiro atoms. The largest absolute Gasteiger partial charge is 0.390 e. The van der Waals surface area contributed by atoms with Crippen molar-refractivity contribution in [3.05, 3.63) is 120 Å². The zero-order valence-corrected chi connectivity index (χ0v) is 20.0. The fraction of sp³-hybridized carbons (Fsp3) is 0.333. The first-order valence-electron chi connectivity index (χ1n) is 11.9. The van der Waals surface area contributed by atoms with Crippen molar-refractivity contribution in [1.29, 1.82) is 0 Å². The number of benzene rings is 3. The highest BCUT2D eigenvalue weighted by molar-refractivity contribution is 5.47. The van der Waals surface area contributed by atoms with Crippen LogP contribution in [0.4, 0.5) is 0 Å². The fourth-order valence-corrected chi connectivity index (χ4v) is 4.80. The molecule has 3 unspecified atom stereocenters. The predicted molar refractivity (Wildman–Crippen MR) is 134 cm³/mol. The molecular weight excluding hydrogens is 424 g/mol. The number of hydrogen-bond donors (Lipinski definition) is 1. The first kappa shape index (κ1) is 24.4. The van der Waals surface area contributed by atoms with Crippen molar-refractivity contribution in [2.45, 2.75) is 43.9 Å². The summed E-state index contributed by atoms with van der Waals surface area (Å²) in [5.74, 6) is -0.977. The average Bonchev–Trinajstić information content (AvgIpc) is 2.86. The Morgan fingerprint density at radius 3 is 1.82 bits per heavy atom. The summed E-state index contributed by atoms with van der Waals surface area (Å²) in [4.78, 5) is 0. The summed E-state index contributed by atoms with van der Waals surface area (Å²) in [6.07, 6.45) is 1.47. The summed E-state index contributed by atoms with van der Waals surface area (Å²) in [6, 6.07) is 30.5. The van der Waals surface area contributed by atoms with Crippen LogP contribution in [0.1, 0.15) is 37.0 Å². The summed E-state index contributed by atoms with van der Waals surface area (Å²) < 4.78 is 18.6. The molecule has 1 heterocycles. The van der Waals surface area contributed by atoms with Crippen molar-refractivity contribution in [1.82, 2.24) is 0 Å². The van der Waals surface area contributed by atoms with E-state index in [4.69, 9.17) is 14.2 Å². The van der Waals surface area contributed by atoms with Crippen LogP contribution >= 0.6 is 0 Å². The van der Waals surface area contributed by atoms with E-state index in [0.29, 0.717) is 13.0 Å². The van der Waals surface area contributed by atoms with Crippen LogP contribution in [0.3, 0.4) is 0 Å². The number of aliphatic hydroxyl groups excluding tert-OH is 1. The Bertz CT molecular complexity index is 937. The third kappa shape index (κ3) is 5.16. The Balaban J connectivity index is 1.70. The molecule has 0 bridgehead atoms. The van der Waals surface area contributed by atoms with Gasteiger partial charge in [0.2, 0.25) is 0 Å². The minimum atomic E-state index is -0.883. The Morgan fingerprint density at radius 1 is 0.941 bits per heavy atom. The number of ether oxygens (including phenoxy) is 3. The number of rotatable bonds is 9. The highest BCUT2D eigenvalue weighted by Crippen LogP contribution is 2.41. The summed E-state index contributed by atoms with van der Waals surface area (Å²) >= 11 is 0. The minimum absolute atomic E-state index is 0.108. The molecule has 0 amide bonds. The van der Waals surface area contributed by atoms with E-state index in [-0.39, 0.29) is 18.6 Å². The van der Waals surface area contributed by atoms with Gasteiger partial charge in [0.1, 0.15) is 5.60 Å². The topological polar surface area (TPSA) is 47.9 Å². The van der Waals surface area contributed by atoms with Crippen LogP contribution in [-0.4, -0.2) is 36.3 Å². The van der Waals surface area contributed by atoms with E-state index in [1.165, 1.54) is 0 Å². The second-order valence-corrected chi connectivity index (χ2v) is 9.16. The van der Waals surface area contributed by atoms with Gasteiger partial charge in [-0.15, -0.1) is 6.58 Å². The molecule has 4 heteroatoms. The SMILES string of the molecule is C=CC(C(O)COC(c1ccccc1)(c1ccccc1)c1ccccc1)C1CCOC(C)(C)O1. The average molecular weight is 459 g/mol. The van der Waals surface area contributed by atoms with E-state index < -0.39 is 17.5 Å². The second-order valence-electron chi connectivity index (χ2n) is 9.16. The van der Waals surface area contributed by atoms with Crippen LogP contribution in [0.25, 0.3) is 0 Å². The van der Waals surface area contributed by atoms with Gasteiger partial charge >= 0.3 is 0 Å². The van der Waals surface area contributed by atoms with Crippen LogP contribution in [0.2, 0.25) is 0 Å². The summed E-state index contributed by atoms with van der Waals surface area (Å²) in [6.45, 7) is 8.47. The molecule has 1 fully saturated rings. The van der Waals surface area contributed by atoms with Gasteiger partial charge in [-0.05, 0) is 37.0 Å².